The number of hydrogen-bond acceptors (Lipinski definition) is 1. The van der Waals surface area contributed by atoms with Crippen LogP contribution in [0.4, 0.5) is 0 Å². The predicted molar refractivity (Wildman–Crippen MR) is 52.6 cm³/mol. The van der Waals surface area contributed by atoms with Crippen LogP contribution in [0.5, 0.6) is 0 Å². The van der Waals surface area contributed by atoms with Gasteiger partial charge in [0.05, 0.1) is 18.0 Å². The first kappa shape index (κ1) is 8.27. The Hall–Kier alpha value is -0.340. The Bertz CT molecular complexity index is 212. The Morgan fingerprint density at radius 3 is 2.75 bits per heavy atom. The Balaban J connectivity index is 1.86. The minimum atomic E-state index is 1.26. The molecule has 12 heavy (non-hydrogen) atoms. The van der Waals surface area contributed by atoms with Gasteiger partial charge < -0.3 is 4.90 Å². The van der Waals surface area contributed by atoms with Gasteiger partial charge in [-0.05, 0) is 30.7 Å². The van der Waals surface area contributed by atoms with Crippen LogP contribution in [0.1, 0.15) is 24.1 Å². The van der Waals surface area contributed by atoms with Gasteiger partial charge in [-0.1, -0.05) is 6.07 Å². The van der Waals surface area contributed by atoms with Crippen molar-refractivity contribution in [3.63, 3.8) is 0 Å². The number of quaternary nitrogens is 1. The van der Waals surface area contributed by atoms with Gasteiger partial charge in [0.25, 0.3) is 0 Å². The molecule has 1 nitrogen and oxygen atoms in total. The maximum atomic E-state index is 2.26. The van der Waals surface area contributed by atoms with Crippen molar-refractivity contribution in [2.75, 3.05) is 13.1 Å². The van der Waals surface area contributed by atoms with Gasteiger partial charge in [-0.3, -0.25) is 0 Å². The molecule has 0 aromatic carbocycles. The maximum absolute atomic E-state index is 2.26. The van der Waals surface area contributed by atoms with E-state index in [-0.39, 0.29) is 0 Å². The minimum Gasteiger partial charge on any atom is -0.331 e. The molecule has 0 unspecified atom stereocenters. The van der Waals surface area contributed by atoms with E-state index in [1.54, 1.807) is 9.78 Å². The van der Waals surface area contributed by atoms with Gasteiger partial charge in [0, 0.05) is 0 Å². The van der Waals surface area contributed by atoms with Gasteiger partial charge in [-0.25, -0.2) is 0 Å². The van der Waals surface area contributed by atoms with Gasteiger partial charge in [-0.15, -0.1) is 11.3 Å². The zero-order chi connectivity index (χ0) is 8.23. The smallest absolute Gasteiger partial charge is 0.112 e. The molecule has 0 aliphatic carbocycles. The lowest BCUT2D eigenvalue weighted by molar-refractivity contribution is -0.918. The van der Waals surface area contributed by atoms with Crippen molar-refractivity contribution < 1.29 is 4.90 Å². The molecule has 2 heteroatoms. The highest BCUT2D eigenvalue weighted by Crippen LogP contribution is 2.06. The molecular weight excluding hydrogens is 166 g/mol. The highest BCUT2D eigenvalue weighted by atomic mass is 32.1. The van der Waals surface area contributed by atoms with E-state index in [4.69, 9.17) is 0 Å². The number of thiophene rings is 1. The highest BCUT2D eigenvalue weighted by Gasteiger charge is 2.13. The van der Waals surface area contributed by atoms with Gasteiger partial charge in [0.2, 0.25) is 0 Å². The molecule has 2 rings (SSSR count). The Morgan fingerprint density at radius 2 is 2.08 bits per heavy atom. The molecule has 66 valence electrons. The molecule has 1 aliphatic rings. The normalized spacial score (nSPS) is 19.7. The van der Waals surface area contributed by atoms with Crippen LogP contribution < -0.4 is 4.90 Å². The summed E-state index contributed by atoms with van der Waals surface area (Å²) in [6, 6.07) is 4.41. The first-order valence-corrected chi connectivity index (χ1v) is 5.69. The lowest BCUT2D eigenvalue weighted by atomic mass is 10.1. The average Bonchev–Trinajstić information content (AvgIpc) is 2.59. The summed E-state index contributed by atoms with van der Waals surface area (Å²) < 4.78 is 0. The second-order valence-corrected chi connectivity index (χ2v) is 4.60. The number of nitrogens with one attached hydrogen (secondary N) is 1. The molecule has 1 saturated heterocycles. The van der Waals surface area contributed by atoms with Crippen molar-refractivity contribution >= 4 is 11.3 Å². The van der Waals surface area contributed by atoms with Crippen LogP contribution in [0.3, 0.4) is 0 Å². The third-order valence-corrected chi connectivity index (χ3v) is 3.44. The fourth-order valence-electron chi connectivity index (χ4n) is 1.89. The molecular formula is C10H16NS+. The van der Waals surface area contributed by atoms with Gasteiger partial charge >= 0.3 is 0 Å². The Labute approximate surface area is 78.0 Å². The van der Waals surface area contributed by atoms with E-state index >= 15 is 0 Å². The van der Waals surface area contributed by atoms with Crippen molar-refractivity contribution in [3.8, 4) is 0 Å². The monoisotopic (exact) mass is 182 g/mol. The minimum absolute atomic E-state index is 1.26. The quantitative estimate of drug-likeness (QED) is 0.703. The third-order valence-electron chi connectivity index (χ3n) is 2.56. The zero-order valence-electron chi connectivity index (χ0n) is 7.38. The molecule has 1 aromatic rings. The van der Waals surface area contributed by atoms with E-state index in [0.29, 0.717) is 0 Å². The summed E-state index contributed by atoms with van der Waals surface area (Å²) in [4.78, 5) is 3.33. The van der Waals surface area contributed by atoms with Crippen LogP contribution in [-0.2, 0) is 6.54 Å². The molecule has 0 bridgehead atoms. The molecule has 1 N–H and O–H groups in total. The lowest BCUT2D eigenvalue weighted by Crippen LogP contribution is -3.11. The number of hydrogen-bond donors (Lipinski definition) is 1. The fourth-order valence-corrected chi connectivity index (χ4v) is 2.66. The second kappa shape index (κ2) is 4.06. The number of rotatable bonds is 2. The van der Waals surface area contributed by atoms with Crippen molar-refractivity contribution in [1.29, 1.82) is 0 Å². The number of likely N-dealkylation sites (tertiary alicyclic amines) is 1. The SMILES string of the molecule is c1csc(C[NH+]2CCCCC2)c1. The van der Waals surface area contributed by atoms with Crippen LogP contribution in [0, 0.1) is 0 Å². The fraction of sp³-hybridized carbons (Fsp3) is 0.600. The van der Waals surface area contributed by atoms with E-state index in [1.807, 2.05) is 11.3 Å². The molecule has 1 aliphatic heterocycles. The summed E-state index contributed by atoms with van der Waals surface area (Å²) in [5.41, 5.74) is 0. The van der Waals surface area contributed by atoms with E-state index in [9.17, 15) is 0 Å². The third kappa shape index (κ3) is 2.08. The molecule has 0 atom stereocenters. The van der Waals surface area contributed by atoms with Crippen LogP contribution >= 0.6 is 11.3 Å². The summed E-state index contributed by atoms with van der Waals surface area (Å²) in [7, 11) is 0. The second-order valence-electron chi connectivity index (χ2n) is 3.57. The van der Waals surface area contributed by atoms with Crippen molar-refractivity contribution in [2.24, 2.45) is 0 Å². The molecule has 0 saturated carbocycles. The van der Waals surface area contributed by atoms with Crippen molar-refractivity contribution in [3.05, 3.63) is 22.4 Å². The van der Waals surface area contributed by atoms with Crippen LogP contribution in [0.25, 0.3) is 0 Å². The van der Waals surface area contributed by atoms with Gasteiger partial charge in [0.1, 0.15) is 6.54 Å². The van der Waals surface area contributed by atoms with Crippen molar-refractivity contribution in [1.82, 2.24) is 0 Å². The molecule has 1 fully saturated rings. The van der Waals surface area contributed by atoms with E-state index in [1.165, 1.54) is 38.9 Å². The van der Waals surface area contributed by atoms with Crippen LogP contribution in [0.15, 0.2) is 17.5 Å². The molecule has 2 heterocycles. The van der Waals surface area contributed by atoms with E-state index < -0.39 is 0 Å². The average molecular weight is 182 g/mol. The zero-order valence-corrected chi connectivity index (χ0v) is 8.20. The highest BCUT2D eigenvalue weighted by molar-refractivity contribution is 7.09. The van der Waals surface area contributed by atoms with Crippen LogP contribution in [-0.4, -0.2) is 13.1 Å². The summed E-state index contributed by atoms with van der Waals surface area (Å²) in [5.74, 6) is 0. The molecule has 0 radical (unpaired) electrons. The maximum Gasteiger partial charge on any atom is 0.112 e. The summed E-state index contributed by atoms with van der Waals surface area (Å²) >= 11 is 1.90. The first-order valence-electron chi connectivity index (χ1n) is 4.81. The van der Waals surface area contributed by atoms with Gasteiger partial charge in [-0.2, -0.15) is 0 Å². The Morgan fingerprint density at radius 1 is 1.25 bits per heavy atom. The first-order chi connectivity index (χ1) is 5.95. The van der Waals surface area contributed by atoms with E-state index in [2.05, 4.69) is 17.5 Å². The summed E-state index contributed by atoms with van der Waals surface area (Å²) in [6.45, 7) is 4.04. The van der Waals surface area contributed by atoms with E-state index in [0.717, 1.165) is 0 Å². The standard InChI is InChI=1S/C10H15NS/c1-2-6-11(7-3-1)9-10-5-4-8-12-10/h4-5,8H,1-3,6-7,9H2/p+1. The lowest BCUT2D eigenvalue weighted by Gasteiger charge is -2.22. The summed E-state index contributed by atoms with van der Waals surface area (Å²) in [5, 5.41) is 2.18. The Kier molecular flexibility index (Phi) is 2.79. The molecule has 0 spiro atoms. The summed E-state index contributed by atoms with van der Waals surface area (Å²) in [6.07, 6.45) is 4.31. The topological polar surface area (TPSA) is 4.44 Å². The van der Waals surface area contributed by atoms with Gasteiger partial charge in [0.15, 0.2) is 0 Å². The predicted octanol–water partition coefficient (Wildman–Crippen LogP) is 1.32. The molecule has 0 amide bonds. The van der Waals surface area contributed by atoms with Crippen molar-refractivity contribution in [2.45, 2.75) is 25.8 Å². The van der Waals surface area contributed by atoms with Crippen LogP contribution in [0.2, 0.25) is 0 Å². The number of piperidine rings is 1. The molecule has 1 aromatic heterocycles. The largest absolute Gasteiger partial charge is 0.331 e.